The van der Waals surface area contributed by atoms with Gasteiger partial charge in [-0.3, -0.25) is 0 Å². The van der Waals surface area contributed by atoms with Crippen LogP contribution in [-0.2, 0) is 9.47 Å². The summed E-state index contributed by atoms with van der Waals surface area (Å²) in [7, 11) is -18.0. The summed E-state index contributed by atoms with van der Waals surface area (Å²) in [5.74, 6) is 0. The Kier molecular flexibility index (Phi) is 22.8. The molecule has 1 rings (SSSR count). The van der Waals surface area contributed by atoms with Gasteiger partial charge in [-0.15, -0.1) is 0 Å². The first-order valence-electron chi connectivity index (χ1n) is 6.10. The molecule has 0 N–H and O–H groups in total. The Morgan fingerprint density at radius 2 is 1.08 bits per heavy atom. The van der Waals surface area contributed by atoms with Crippen LogP contribution in [0.2, 0.25) is 0 Å². The summed E-state index contributed by atoms with van der Waals surface area (Å²) in [6, 6.07) is 0. The van der Waals surface area contributed by atoms with Crippen molar-refractivity contribution >= 4 is 21.8 Å². The normalized spacial score (nSPS) is 17.4. The van der Waals surface area contributed by atoms with Gasteiger partial charge in [-0.05, 0) is 19.3 Å². The first-order chi connectivity index (χ1) is 10.4. The summed E-state index contributed by atoms with van der Waals surface area (Å²) >= 11 is 0. The predicted octanol–water partition coefficient (Wildman–Crippen LogP) is 2.62. The summed E-state index contributed by atoms with van der Waals surface area (Å²) in [5, 5.41) is 0. The van der Waals surface area contributed by atoms with Crippen molar-refractivity contribution in [2.75, 3.05) is 6.61 Å². The quantitative estimate of drug-likeness (QED) is 0.382. The van der Waals surface area contributed by atoms with E-state index in [2.05, 4.69) is 0 Å². The molecule has 0 aliphatic carbocycles. The molecule has 25 heavy (non-hydrogen) atoms. The van der Waals surface area contributed by atoms with Crippen LogP contribution < -0.4 is 51.4 Å². The van der Waals surface area contributed by atoms with Crippen LogP contribution in [0.25, 0.3) is 0 Å². The van der Waals surface area contributed by atoms with Gasteiger partial charge in [-0.2, -0.15) is 6.92 Å². The Balaban J connectivity index is -0.000000122. The van der Waals surface area contributed by atoms with Crippen molar-refractivity contribution < 1.29 is 113 Å². The number of hydrogen-bond acceptors (Lipinski definition) is 2. The maximum absolute atomic E-state index is 9.75. The molecule has 0 aromatic carbocycles. The van der Waals surface area contributed by atoms with Gasteiger partial charge in [-0.25, -0.2) is 6.61 Å². The molecule has 1 saturated heterocycles. The molecule has 18 heteroatoms. The van der Waals surface area contributed by atoms with Crippen molar-refractivity contribution in [3.63, 3.8) is 0 Å². The molecule has 2 nitrogen and oxygen atoms in total. The molecule has 0 bridgehead atoms. The number of rotatable bonds is 2. The summed E-state index contributed by atoms with van der Waals surface area (Å²) in [6.45, 7) is 4.42. The Morgan fingerprint density at radius 1 is 0.760 bits per heavy atom. The van der Waals surface area contributed by atoms with Crippen molar-refractivity contribution in [1.29, 1.82) is 0 Å². The van der Waals surface area contributed by atoms with E-state index in [9.17, 15) is 51.8 Å². The molecular weight excluding hydrogens is 416 g/mol. The van der Waals surface area contributed by atoms with Gasteiger partial charge in [0.25, 0.3) is 0 Å². The first kappa shape index (κ1) is 33.5. The average Bonchev–Trinajstić information content (AvgIpc) is 2.23. The minimum Gasteiger partial charge on any atom is -0.530 e. The molecule has 0 saturated carbocycles. The van der Waals surface area contributed by atoms with Gasteiger partial charge in [0.05, 0.1) is 0 Å². The van der Waals surface area contributed by atoms with Crippen LogP contribution in [0.1, 0.15) is 26.2 Å². The van der Waals surface area contributed by atoms with E-state index in [1.807, 2.05) is 6.92 Å². The van der Waals surface area contributed by atoms with Gasteiger partial charge in [0.2, 0.25) is 0 Å². The van der Waals surface area contributed by atoms with E-state index in [0.717, 1.165) is 13.0 Å². The predicted molar refractivity (Wildman–Crippen MR) is 65.2 cm³/mol. The van der Waals surface area contributed by atoms with Crippen molar-refractivity contribution in [2.24, 2.45) is 0 Å². The monoisotopic (exact) mass is 429 g/mol. The molecule has 1 unspecified atom stereocenters. The molecular formula is C7H13B3F12KO2-3. The van der Waals surface area contributed by atoms with Gasteiger partial charge < -0.3 is 61.3 Å². The molecule has 0 spiro atoms. The van der Waals surface area contributed by atoms with Crippen LogP contribution in [0, 0.1) is 6.61 Å². The van der Waals surface area contributed by atoms with E-state index >= 15 is 0 Å². The van der Waals surface area contributed by atoms with Crippen molar-refractivity contribution in [1.82, 2.24) is 0 Å². The molecule has 1 atom stereocenters. The molecule has 0 aromatic heterocycles. The minimum atomic E-state index is -6.00. The second-order valence-corrected chi connectivity index (χ2v) is 3.65. The van der Waals surface area contributed by atoms with E-state index in [4.69, 9.17) is 9.47 Å². The average molecular weight is 429 g/mol. The fourth-order valence-electron chi connectivity index (χ4n) is 0.970. The summed E-state index contributed by atoms with van der Waals surface area (Å²) in [5.41, 5.74) is 0. The number of ether oxygens (including phenoxy) is 2. The summed E-state index contributed by atoms with van der Waals surface area (Å²) in [4.78, 5) is 0. The maximum atomic E-state index is 9.75. The summed E-state index contributed by atoms with van der Waals surface area (Å²) in [6.07, 6.45) is 3.51. The molecule has 1 fully saturated rings. The third-order valence-corrected chi connectivity index (χ3v) is 1.43. The molecule has 0 radical (unpaired) electrons. The SMILES string of the molecule is C[CH-]OC1CCCCO1.F[B-](F)(F)F.F[B-](F)(F)F.F[B-](F)(F)F.[K+]. The van der Waals surface area contributed by atoms with E-state index in [1.165, 1.54) is 12.8 Å². The van der Waals surface area contributed by atoms with E-state index in [-0.39, 0.29) is 57.7 Å². The van der Waals surface area contributed by atoms with Crippen molar-refractivity contribution in [3.8, 4) is 0 Å². The standard InChI is InChI=1S/C7H13O2.3BF4.K/c1-2-8-7-5-3-4-6-9-7;3*2-1(3,4)5;/h2,7H,3-6H2,1H3;;;;/q4*-1;+1. The number of halogens is 12. The van der Waals surface area contributed by atoms with Crippen LogP contribution in [-0.4, -0.2) is 34.7 Å². The second-order valence-electron chi connectivity index (χ2n) is 3.65. The van der Waals surface area contributed by atoms with Crippen LogP contribution in [0.15, 0.2) is 0 Å². The third kappa shape index (κ3) is 92.2. The Hall–Kier alpha value is 0.911. The minimum absolute atomic E-state index is 0. The molecule has 1 aliphatic heterocycles. The third-order valence-electron chi connectivity index (χ3n) is 1.43. The van der Waals surface area contributed by atoms with Gasteiger partial charge in [0.15, 0.2) is 0 Å². The Morgan fingerprint density at radius 3 is 1.28 bits per heavy atom. The molecule has 150 valence electrons. The van der Waals surface area contributed by atoms with Crippen LogP contribution in [0.3, 0.4) is 0 Å². The van der Waals surface area contributed by atoms with Gasteiger partial charge >= 0.3 is 73.1 Å². The van der Waals surface area contributed by atoms with Crippen LogP contribution >= 0.6 is 0 Å². The molecule has 0 aromatic rings. The van der Waals surface area contributed by atoms with Gasteiger partial charge in [0.1, 0.15) is 6.29 Å². The first-order valence-corrected chi connectivity index (χ1v) is 6.10. The van der Waals surface area contributed by atoms with E-state index in [0.29, 0.717) is 0 Å². The number of hydrogen-bond donors (Lipinski definition) is 0. The van der Waals surface area contributed by atoms with E-state index in [1.54, 1.807) is 6.61 Å². The Labute approximate surface area is 179 Å². The van der Waals surface area contributed by atoms with Crippen LogP contribution in [0.4, 0.5) is 51.8 Å². The Bertz CT molecular complexity index is 232. The molecule has 0 amide bonds. The smallest absolute Gasteiger partial charge is 0.530 e. The fourth-order valence-corrected chi connectivity index (χ4v) is 0.970. The second kappa shape index (κ2) is 17.0. The molecule has 1 heterocycles. The fraction of sp³-hybridized carbons (Fsp3) is 0.857. The zero-order valence-corrected chi connectivity index (χ0v) is 16.2. The zero-order valence-electron chi connectivity index (χ0n) is 13.1. The van der Waals surface area contributed by atoms with Gasteiger partial charge in [0, 0.05) is 6.61 Å². The van der Waals surface area contributed by atoms with Crippen molar-refractivity contribution in [2.45, 2.75) is 32.5 Å². The maximum Gasteiger partial charge on any atom is 1.00 e. The van der Waals surface area contributed by atoms with E-state index < -0.39 is 21.8 Å². The van der Waals surface area contributed by atoms with Crippen molar-refractivity contribution in [3.05, 3.63) is 6.61 Å². The van der Waals surface area contributed by atoms with Gasteiger partial charge in [-0.1, -0.05) is 0 Å². The largest absolute Gasteiger partial charge is 1.00 e. The topological polar surface area (TPSA) is 18.5 Å². The molecule has 1 aliphatic rings. The zero-order chi connectivity index (χ0) is 20.0. The van der Waals surface area contributed by atoms with Crippen LogP contribution in [0.5, 0.6) is 0 Å². The summed E-state index contributed by atoms with van der Waals surface area (Å²) < 4.78 is 127.